The molecule has 1 aromatic carbocycles. The number of nitrogens with one attached hydrogen (secondary N) is 1. The molecule has 1 aromatic rings. The highest BCUT2D eigenvalue weighted by Gasteiger charge is 2.48. The summed E-state index contributed by atoms with van der Waals surface area (Å²) in [6.07, 6.45) is 2.66. The van der Waals surface area contributed by atoms with Crippen molar-refractivity contribution < 1.29 is 21.6 Å². The summed E-state index contributed by atoms with van der Waals surface area (Å²) in [5, 5.41) is 2.94. The van der Waals surface area contributed by atoms with E-state index in [-0.39, 0.29) is 11.7 Å². The van der Waals surface area contributed by atoms with Crippen molar-refractivity contribution in [2.75, 3.05) is 5.32 Å². The molecule has 0 spiro atoms. The first-order valence-corrected chi connectivity index (χ1v) is 7.87. The Kier molecular flexibility index (Phi) is 4.00. The van der Waals surface area contributed by atoms with Gasteiger partial charge in [-0.15, -0.1) is 0 Å². The summed E-state index contributed by atoms with van der Waals surface area (Å²) in [4.78, 5) is -0.702. The van der Waals surface area contributed by atoms with Crippen LogP contribution in [-0.4, -0.2) is 20.0 Å². The van der Waals surface area contributed by atoms with Crippen LogP contribution < -0.4 is 5.32 Å². The number of benzene rings is 1. The fourth-order valence-corrected chi connectivity index (χ4v) is 3.43. The molecule has 0 bridgehead atoms. The lowest BCUT2D eigenvalue weighted by Crippen LogP contribution is -2.25. The molecule has 0 aliphatic heterocycles. The summed E-state index contributed by atoms with van der Waals surface area (Å²) in [5.41, 5.74) is -5.25. The Labute approximate surface area is 116 Å². The van der Waals surface area contributed by atoms with Crippen molar-refractivity contribution in [1.82, 2.24) is 0 Å². The van der Waals surface area contributed by atoms with Crippen LogP contribution in [-0.2, 0) is 9.84 Å². The Morgan fingerprint density at radius 1 is 1.20 bits per heavy atom. The van der Waals surface area contributed by atoms with Gasteiger partial charge in [0, 0.05) is 6.04 Å². The lowest BCUT2D eigenvalue weighted by Gasteiger charge is -2.18. The quantitative estimate of drug-likeness (QED) is 0.928. The molecule has 1 saturated carbocycles. The van der Waals surface area contributed by atoms with Gasteiger partial charge in [-0.2, -0.15) is 13.2 Å². The average molecular weight is 307 g/mol. The highest BCUT2D eigenvalue weighted by atomic mass is 32.2. The lowest BCUT2D eigenvalue weighted by molar-refractivity contribution is -0.0435. The number of sulfone groups is 1. The van der Waals surface area contributed by atoms with Crippen LogP contribution in [0.2, 0.25) is 0 Å². The van der Waals surface area contributed by atoms with Gasteiger partial charge >= 0.3 is 5.51 Å². The number of para-hydroxylation sites is 1. The predicted molar refractivity (Wildman–Crippen MR) is 70.1 cm³/mol. The van der Waals surface area contributed by atoms with Gasteiger partial charge in [-0.25, -0.2) is 8.42 Å². The van der Waals surface area contributed by atoms with Crippen LogP contribution in [0.1, 0.15) is 26.2 Å². The molecule has 1 fully saturated rings. The molecule has 7 heteroatoms. The monoisotopic (exact) mass is 307 g/mol. The van der Waals surface area contributed by atoms with E-state index in [2.05, 4.69) is 12.2 Å². The van der Waals surface area contributed by atoms with Crippen molar-refractivity contribution in [2.45, 2.75) is 42.6 Å². The van der Waals surface area contributed by atoms with E-state index in [9.17, 15) is 21.6 Å². The fraction of sp³-hybridized carbons (Fsp3) is 0.538. The minimum atomic E-state index is -5.32. The average Bonchev–Trinajstić information content (AvgIpc) is 2.74. The molecule has 2 rings (SSSR count). The maximum Gasteiger partial charge on any atom is 0.501 e. The first-order valence-electron chi connectivity index (χ1n) is 6.38. The number of hydrogen-bond acceptors (Lipinski definition) is 3. The summed E-state index contributed by atoms with van der Waals surface area (Å²) >= 11 is 0. The molecular formula is C13H16F3NO2S. The number of rotatable bonds is 3. The maximum atomic E-state index is 12.7. The van der Waals surface area contributed by atoms with E-state index < -0.39 is 20.2 Å². The summed E-state index contributed by atoms with van der Waals surface area (Å²) in [6.45, 7) is 2.07. The van der Waals surface area contributed by atoms with Crippen LogP contribution in [0, 0.1) is 5.92 Å². The van der Waals surface area contributed by atoms with Gasteiger partial charge in [-0.05, 0) is 37.3 Å². The zero-order valence-electron chi connectivity index (χ0n) is 10.9. The third kappa shape index (κ3) is 2.92. The lowest BCUT2D eigenvalue weighted by atomic mass is 10.1. The second-order valence-electron chi connectivity index (χ2n) is 5.20. The molecule has 0 heterocycles. The predicted octanol–water partition coefficient (Wildman–Crippen LogP) is 3.58. The van der Waals surface area contributed by atoms with E-state index in [0.29, 0.717) is 5.92 Å². The molecule has 0 radical (unpaired) electrons. The molecule has 0 saturated heterocycles. The first-order chi connectivity index (χ1) is 9.22. The van der Waals surface area contributed by atoms with Gasteiger partial charge in [0.1, 0.15) is 0 Å². The zero-order valence-corrected chi connectivity index (χ0v) is 11.8. The molecule has 2 atom stereocenters. The molecule has 112 valence electrons. The molecule has 1 aliphatic carbocycles. The second-order valence-corrected chi connectivity index (χ2v) is 7.11. The number of halogens is 3. The Balaban J connectivity index is 2.32. The van der Waals surface area contributed by atoms with Crippen LogP contribution >= 0.6 is 0 Å². The first kappa shape index (κ1) is 15.2. The van der Waals surface area contributed by atoms with Crippen LogP contribution in [0.3, 0.4) is 0 Å². The molecule has 2 unspecified atom stereocenters. The van der Waals surface area contributed by atoms with E-state index in [4.69, 9.17) is 0 Å². The Hall–Kier alpha value is -1.24. The molecular weight excluding hydrogens is 291 g/mol. The minimum absolute atomic E-state index is 0.0228. The standard InChI is InChI=1S/C13H16F3NO2S/c1-9-6-7-10(8-9)17-11-4-2-3-5-12(11)20(18,19)13(14,15)16/h2-5,9-10,17H,6-8H2,1H3. The molecule has 3 nitrogen and oxygen atoms in total. The van der Waals surface area contributed by atoms with Crippen molar-refractivity contribution in [1.29, 1.82) is 0 Å². The zero-order chi connectivity index (χ0) is 15.0. The summed E-state index contributed by atoms with van der Waals surface area (Å²) < 4.78 is 61.1. The van der Waals surface area contributed by atoms with Crippen molar-refractivity contribution >= 4 is 15.5 Å². The Bertz CT molecular complexity index is 584. The van der Waals surface area contributed by atoms with E-state index in [1.54, 1.807) is 0 Å². The third-order valence-electron chi connectivity index (χ3n) is 3.54. The molecule has 1 aliphatic rings. The van der Waals surface area contributed by atoms with Gasteiger partial charge in [-0.3, -0.25) is 0 Å². The van der Waals surface area contributed by atoms with Gasteiger partial charge in [0.15, 0.2) is 0 Å². The van der Waals surface area contributed by atoms with Gasteiger partial charge in [0.25, 0.3) is 9.84 Å². The highest BCUT2D eigenvalue weighted by Crippen LogP contribution is 2.36. The summed E-state index contributed by atoms with van der Waals surface area (Å²) in [7, 11) is -5.32. The second kappa shape index (κ2) is 5.27. The number of alkyl halides is 3. The van der Waals surface area contributed by atoms with Crippen molar-refractivity contribution in [3.05, 3.63) is 24.3 Å². The van der Waals surface area contributed by atoms with E-state index in [1.165, 1.54) is 18.2 Å². The van der Waals surface area contributed by atoms with Crippen molar-refractivity contribution in [2.24, 2.45) is 5.92 Å². The fourth-order valence-electron chi connectivity index (χ4n) is 2.50. The number of anilines is 1. The van der Waals surface area contributed by atoms with E-state index >= 15 is 0 Å². The van der Waals surface area contributed by atoms with Crippen LogP contribution in [0.25, 0.3) is 0 Å². The molecule has 1 N–H and O–H groups in total. The maximum absolute atomic E-state index is 12.7. The topological polar surface area (TPSA) is 46.2 Å². The van der Waals surface area contributed by atoms with Crippen molar-refractivity contribution in [3.63, 3.8) is 0 Å². The normalized spacial score (nSPS) is 23.8. The Morgan fingerprint density at radius 3 is 2.40 bits per heavy atom. The van der Waals surface area contributed by atoms with Gasteiger partial charge < -0.3 is 5.32 Å². The third-order valence-corrected chi connectivity index (χ3v) is 5.08. The van der Waals surface area contributed by atoms with Gasteiger partial charge in [-0.1, -0.05) is 19.1 Å². The minimum Gasteiger partial charge on any atom is -0.381 e. The van der Waals surface area contributed by atoms with Crippen LogP contribution in [0.4, 0.5) is 18.9 Å². The van der Waals surface area contributed by atoms with E-state index in [0.717, 1.165) is 25.3 Å². The Morgan fingerprint density at radius 2 is 1.85 bits per heavy atom. The largest absolute Gasteiger partial charge is 0.501 e. The SMILES string of the molecule is CC1CCC(Nc2ccccc2S(=O)(=O)C(F)(F)F)C1. The molecule has 0 amide bonds. The van der Waals surface area contributed by atoms with Gasteiger partial charge in [0.2, 0.25) is 0 Å². The smallest absolute Gasteiger partial charge is 0.381 e. The van der Waals surface area contributed by atoms with Crippen LogP contribution in [0.5, 0.6) is 0 Å². The summed E-state index contributed by atoms with van der Waals surface area (Å²) in [5.74, 6) is 0.499. The number of hydrogen-bond donors (Lipinski definition) is 1. The van der Waals surface area contributed by atoms with Crippen molar-refractivity contribution in [3.8, 4) is 0 Å². The molecule has 20 heavy (non-hydrogen) atoms. The van der Waals surface area contributed by atoms with E-state index in [1.807, 2.05) is 0 Å². The van der Waals surface area contributed by atoms with Crippen LogP contribution in [0.15, 0.2) is 29.2 Å². The highest BCUT2D eigenvalue weighted by molar-refractivity contribution is 7.92. The molecule has 0 aromatic heterocycles. The van der Waals surface area contributed by atoms with Gasteiger partial charge in [0.05, 0.1) is 10.6 Å². The summed E-state index contributed by atoms with van der Waals surface area (Å²) in [6, 6.07) is 5.21.